The zero-order chi connectivity index (χ0) is 21.9. The normalized spacial score (nSPS) is 14.4. The van der Waals surface area contributed by atoms with Gasteiger partial charge < -0.3 is 10.1 Å². The number of hydrogen-bond donors (Lipinski definition) is 1. The Balaban J connectivity index is 1.71. The molecule has 32 heavy (non-hydrogen) atoms. The van der Waals surface area contributed by atoms with E-state index in [-0.39, 0.29) is 17.7 Å². The summed E-state index contributed by atoms with van der Waals surface area (Å²) in [6.07, 6.45) is 5.31. The van der Waals surface area contributed by atoms with Gasteiger partial charge in [-0.1, -0.05) is 0 Å². The lowest BCUT2D eigenvalue weighted by Crippen LogP contribution is -2.29. The predicted molar refractivity (Wildman–Crippen MR) is 118 cm³/mol. The van der Waals surface area contributed by atoms with Crippen molar-refractivity contribution >= 4 is 0 Å². The van der Waals surface area contributed by atoms with Crippen molar-refractivity contribution in [2.45, 2.75) is 18.9 Å². The highest BCUT2D eigenvalue weighted by molar-refractivity contribution is 5.79. The number of pyridine rings is 1. The van der Waals surface area contributed by atoms with Crippen LogP contribution in [0, 0.1) is 11.6 Å². The summed E-state index contributed by atoms with van der Waals surface area (Å²) in [5.41, 5.74) is 3.32. The smallest absolute Gasteiger partial charge is 0.303 e. The van der Waals surface area contributed by atoms with Gasteiger partial charge in [0.15, 0.2) is 0 Å². The third-order valence-corrected chi connectivity index (χ3v) is 5.65. The van der Waals surface area contributed by atoms with Gasteiger partial charge in [0, 0.05) is 29.6 Å². The van der Waals surface area contributed by atoms with Crippen LogP contribution in [0.4, 0.5) is 8.78 Å². The number of nitrogens with one attached hydrogen (secondary N) is 1. The summed E-state index contributed by atoms with van der Waals surface area (Å²) in [7, 11) is 0. The number of imidazole rings is 1. The topological polar surface area (TPSA) is 52.0 Å². The number of benzene rings is 2. The minimum absolute atomic E-state index is 0.163. The van der Waals surface area contributed by atoms with E-state index in [1.165, 1.54) is 24.3 Å². The predicted octanol–water partition coefficient (Wildman–Crippen LogP) is 5.61. The molecule has 162 valence electrons. The van der Waals surface area contributed by atoms with E-state index in [2.05, 4.69) is 14.9 Å². The van der Waals surface area contributed by atoms with E-state index < -0.39 is 0 Å². The summed E-state index contributed by atoms with van der Waals surface area (Å²) < 4.78 is 35.3. The lowest BCUT2D eigenvalue weighted by Gasteiger charge is -2.27. The van der Waals surface area contributed by atoms with Gasteiger partial charge >= 0.3 is 6.01 Å². The molecule has 4 aromatic rings. The minimum Gasteiger partial charge on any atom is -0.425 e. The second-order valence-corrected chi connectivity index (χ2v) is 7.74. The second kappa shape index (κ2) is 8.88. The first-order valence-corrected chi connectivity index (χ1v) is 10.6. The Morgan fingerprint density at radius 3 is 2.09 bits per heavy atom. The fourth-order valence-corrected chi connectivity index (χ4v) is 4.09. The van der Waals surface area contributed by atoms with Crippen molar-refractivity contribution in [2.75, 3.05) is 13.1 Å². The molecule has 1 fully saturated rings. The number of ether oxygens (including phenoxy) is 1. The molecule has 0 spiro atoms. The molecule has 0 unspecified atom stereocenters. The monoisotopic (exact) mass is 432 g/mol. The molecule has 2 aromatic carbocycles. The summed E-state index contributed by atoms with van der Waals surface area (Å²) in [6, 6.07) is 16.6. The van der Waals surface area contributed by atoms with Crippen molar-refractivity contribution in [3.05, 3.63) is 84.7 Å². The molecule has 5 rings (SSSR count). The van der Waals surface area contributed by atoms with Crippen molar-refractivity contribution in [3.8, 4) is 34.3 Å². The van der Waals surface area contributed by atoms with Crippen LogP contribution in [0.1, 0.15) is 18.9 Å². The number of aromatic nitrogens is 3. The molecule has 0 radical (unpaired) electrons. The first-order chi connectivity index (χ1) is 15.7. The second-order valence-electron chi connectivity index (χ2n) is 7.74. The number of rotatable bonds is 5. The zero-order valence-corrected chi connectivity index (χ0v) is 17.3. The average molecular weight is 432 g/mol. The van der Waals surface area contributed by atoms with Crippen LogP contribution in [0.15, 0.2) is 73.1 Å². The fourth-order valence-electron chi connectivity index (χ4n) is 4.09. The van der Waals surface area contributed by atoms with Gasteiger partial charge in [-0.2, -0.15) is 4.98 Å². The molecule has 0 atom stereocenters. The van der Waals surface area contributed by atoms with Crippen molar-refractivity contribution in [1.82, 2.24) is 19.9 Å². The SMILES string of the molecule is Fc1ccc(Oc2nc(-c3ccc(F)cc3)c(-c3ccncc3)n2C2CCNCC2)cc1. The number of hydrogen-bond acceptors (Lipinski definition) is 4. The highest BCUT2D eigenvalue weighted by atomic mass is 19.1. The van der Waals surface area contributed by atoms with Crippen LogP contribution in [0.5, 0.6) is 11.8 Å². The first-order valence-electron chi connectivity index (χ1n) is 10.6. The van der Waals surface area contributed by atoms with Crippen LogP contribution >= 0.6 is 0 Å². The van der Waals surface area contributed by atoms with E-state index in [0.717, 1.165) is 42.8 Å². The molecule has 0 saturated carbocycles. The summed E-state index contributed by atoms with van der Waals surface area (Å²) in [5.74, 6) is -0.137. The highest BCUT2D eigenvalue weighted by Crippen LogP contribution is 2.41. The van der Waals surface area contributed by atoms with E-state index in [1.807, 2.05) is 12.1 Å². The molecular formula is C25H22F2N4O. The summed E-state index contributed by atoms with van der Waals surface area (Å²) in [6.45, 7) is 1.78. The van der Waals surface area contributed by atoms with E-state index in [4.69, 9.17) is 9.72 Å². The van der Waals surface area contributed by atoms with Crippen LogP contribution in [-0.4, -0.2) is 27.6 Å². The van der Waals surface area contributed by atoms with Gasteiger partial charge in [-0.3, -0.25) is 9.55 Å². The maximum atomic E-state index is 13.6. The van der Waals surface area contributed by atoms with E-state index in [1.54, 1.807) is 36.7 Å². The Labute approximate surface area is 184 Å². The van der Waals surface area contributed by atoms with Gasteiger partial charge in [0.05, 0.1) is 5.69 Å². The Morgan fingerprint density at radius 2 is 1.44 bits per heavy atom. The molecule has 2 aromatic heterocycles. The average Bonchev–Trinajstić information content (AvgIpc) is 3.21. The molecular weight excluding hydrogens is 410 g/mol. The summed E-state index contributed by atoms with van der Waals surface area (Å²) in [4.78, 5) is 9.02. The van der Waals surface area contributed by atoms with Crippen molar-refractivity contribution < 1.29 is 13.5 Å². The molecule has 7 heteroatoms. The molecule has 1 saturated heterocycles. The Morgan fingerprint density at radius 1 is 0.812 bits per heavy atom. The van der Waals surface area contributed by atoms with Crippen LogP contribution in [-0.2, 0) is 0 Å². The lowest BCUT2D eigenvalue weighted by molar-refractivity contribution is 0.325. The Kier molecular flexibility index (Phi) is 5.64. The molecule has 1 aliphatic rings. The van der Waals surface area contributed by atoms with Gasteiger partial charge in [0.2, 0.25) is 0 Å². The molecule has 1 aliphatic heterocycles. The zero-order valence-electron chi connectivity index (χ0n) is 17.3. The number of piperidine rings is 1. The van der Waals surface area contributed by atoms with Gasteiger partial charge in [-0.15, -0.1) is 0 Å². The molecule has 0 amide bonds. The summed E-state index contributed by atoms with van der Waals surface area (Å²) in [5, 5.41) is 3.40. The number of nitrogens with zero attached hydrogens (tertiary/aromatic N) is 3. The van der Waals surface area contributed by atoms with Gasteiger partial charge in [0.25, 0.3) is 0 Å². The van der Waals surface area contributed by atoms with Crippen LogP contribution in [0.25, 0.3) is 22.5 Å². The van der Waals surface area contributed by atoms with Crippen molar-refractivity contribution in [1.29, 1.82) is 0 Å². The van der Waals surface area contributed by atoms with Crippen LogP contribution in [0.3, 0.4) is 0 Å². The molecule has 5 nitrogen and oxygen atoms in total. The standard InChI is InChI=1S/C25H22F2N4O/c26-19-3-1-17(2-4-19)23-24(18-9-13-28-14-10-18)31(21-11-15-29-16-12-21)25(30-23)32-22-7-5-20(27)6-8-22/h1-10,13-14,21,29H,11-12,15-16H2. The minimum atomic E-state index is -0.330. The van der Waals surface area contributed by atoms with Crippen molar-refractivity contribution in [2.24, 2.45) is 0 Å². The highest BCUT2D eigenvalue weighted by Gasteiger charge is 2.28. The van der Waals surface area contributed by atoms with Gasteiger partial charge in [-0.05, 0) is 86.6 Å². The molecule has 1 N–H and O–H groups in total. The lowest BCUT2D eigenvalue weighted by atomic mass is 10.0. The quantitative estimate of drug-likeness (QED) is 0.446. The van der Waals surface area contributed by atoms with E-state index in [9.17, 15) is 8.78 Å². The molecule has 3 heterocycles. The van der Waals surface area contributed by atoms with Gasteiger partial charge in [0.1, 0.15) is 23.1 Å². The van der Waals surface area contributed by atoms with Crippen LogP contribution in [0.2, 0.25) is 0 Å². The maximum absolute atomic E-state index is 13.6. The number of halogens is 2. The maximum Gasteiger partial charge on any atom is 0.303 e. The third kappa shape index (κ3) is 4.11. The van der Waals surface area contributed by atoms with E-state index in [0.29, 0.717) is 17.5 Å². The van der Waals surface area contributed by atoms with E-state index >= 15 is 0 Å². The Bertz CT molecular complexity index is 1190. The van der Waals surface area contributed by atoms with Crippen LogP contribution < -0.4 is 10.1 Å². The summed E-state index contributed by atoms with van der Waals surface area (Å²) >= 11 is 0. The molecule has 0 bridgehead atoms. The third-order valence-electron chi connectivity index (χ3n) is 5.65. The Hall–Kier alpha value is -3.58. The molecule has 0 aliphatic carbocycles. The largest absolute Gasteiger partial charge is 0.425 e. The van der Waals surface area contributed by atoms with Crippen molar-refractivity contribution in [3.63, 3.8) is 0 Å². The fraction of sp³-hybridized carbons (Fsp3) is 0.200. The van der Waals surface area contributed by atoms with Gasteiger partial charge in [-0.25, -0.2) is 8.78 Å². The first kappa shape index (κ1) is 20.3.